The minimum Gasteiger partial charge on any atom is -0.373 e. The molecule has 0 radical (unpaired) electrons. The lowest BCUT2D eigenvalue weighted by atomic mass is 9.96. The van der Waals surface area contributed by atoms with Crippen molar-refractivity contribution in [3.8, 4) is 0 Å². The van der Waals surface area contributed by atoms with E-state index in [-0.39, 0.29) is 12.4 Å². The summed E-state index contributed by atoms with van der Waals surface area (Å²) in [6, 6.07) is 0. The molecular weight excluding hydrogens is 224 g/mol. The quantitative estimate of drug-likeness (QED) is 0.455. The number of hydrogen-bond donors (Lipinski definition) is 0. The Morgan fingerprint density at radius 2 is 2.22 bits per heavy atom. The number of ketones is 1. The van der Waals surface area contributed by atoms with Crippen LogP contribution in [0.2, 0.25) is 0 Å². The molecule has 102 valence electrons. The van der Waals surface area contributed by atoms with Crippen molar-refractivity contribution in [2.45, 2.75) is 52.4 Å². The van der Waals surface area contributed by atoms with E-state index in [9.17, 15) is 4.79 Å². The zero-order valence-electron chi connectivity index (χ0n) is 11.8. The monoisotopic (exact) mass is 250 g/mol. The molecule has 0 aromatic rings. The first-order chi connectivity index (χ1) is 8.74. The maximum absolute atomic E-state index is 11.6. The molecule has 2 heteroatoms. The minimum absolute atomic E-state index is 0.243. The van der Waals surface area contributed by atoms with Gasteiger partial charge in [-0.3, -0.25) is 4.79 Å². The topological polar surface area (TPSA) is 26.3 Å². The summed E-state index contributed by atoms with van der Waals surface area (Å²) in [4.78, 5) is 11.6. The van der Waals surface area contributed by atoms with E-state index in [1.54, 1.807) is 0 Å². The van der Waals surface area contributed by atoms with Crippen molar-refractivity contribution in [3.63, 3.8) is 0 Å². The van der Waals surface area contributed by atoms with Crippen LogP contribution in [0.15, 0.2) is 23.8 Å². The molecule has 1 rings (SSSR count). The van der Waals surface area contributed by atoms with E-state index in [2.05, 4.69) is 32.1 Å². The van der Waals surface area contributed by atoms with Crippen molar-refractivity contribution in [1.29, 1.82) is 0 Å². The number of unbranched alkanes of at least 4 members (excludes halogenated alkanes) is 3. The molecule has 0 fully saturated rings. The highest BCUT2D eigenvalue weighted by atomic mass is 16.5. The van der Waals surface area contributed by atoms with Crippen LogP contribution in [-0.4, -0.2) is 19.0 Å². The first-order valence-corrected chi connectivity index (χ1v) is 7.16. The van der Waals surface area contributed by atoms with Crippen LogP contribution in [0.3, 0.4) is 0 Å². The SMILES string of the molecule is CCCCCCC(=O)COCC1C=CCC=C1C. The van der Waals surface area contributed by atoms with Crippen LogP contribution >= 0.6 is 0 Å². The van der Waals surface area contributed by atoms with Gasteiger partial charge in [-0.25, -0.2) is 0 Å². The average molecular weight is 250 g/mol. The molecule has 1 aliphatic rings. The second-order valence-corrected chi connectivity index (χ2v) is 5.08. The molecule has 1 unspecified atom stereocenters. The van der Waals surface area contributed by atoms with E-state index in [1.807, 2.05) is 0 Å². The van der Waals surface area contributed by atoms with Crippen LogP contribution in [0.1, 0.15) is 52.4 Å². The van der Waals surface area contributed by atoms with Crippen molar-refractivity contribution < 1.29 is 9.53 Å². The lowest BCUT2D eigenvalue weighted by molar-refractivity contribution is -0.123. The van der Waals surface area contributed by atoms with Crippen molar-refractivity contribution in [2.24, 2.45) is 5.92 Å². The highest BCUT2D eigenvalue weighted by Gasteiger charge is 2.10. The third kappa shape index (κ3) is 6.15. The van der Waals surface area contributed by atoms with Gasteiger partial charge in [0, 0.05) is 12.3 Å². The molecule has 0 saturated carbocycles. The predicted octanol–water partition coefficient (Wildman–Crippen LogP) is 4.06. The van der Waals surface area contributed by atoms with E-state index in [0.717, 1.165) is 19.3 Å². The molecule has 2 nitrogen and oxygen atoms in total. The fraction of sp³-hybridized carbons (Fsp3) is 0.688. The molecule has 0 saturated heterocycles. The largest absolute Gasteiger partial charge is 0.373 e. The summed E-state index contributed by atoms with van der Waals surface area (Å²) >= 11 is 0. The molecule has 0 aliphatic heterocycles. The van der Waals surface area contributed by atoms with E-state index < -0.39 is 0 Å². The Morgan fingerprint density at radius 3 is 2.94 bits per heavy atom. The van der Waals surface area contributed by atoms with Gasteiger partial charge in [-0.05, 0) is 19.8 Å². The smallest absolute Gasteiger partial charge is 0.158 e. The Kier molecular flexibility index (Phi) is 7.66. The van der Waals surface area contributed by atoms with Gasteiger partial charge in [0.25, 0.3) is 0 Å². The Balaban J connectivity index is 2.06. The van der Waals surface area contributed by atoms with Crippen LogP contribution in [0, 0.1) is 5.92 Å². The lowest BCUT2D eigenvalue weighted by Gasteiger charge is -2.16. The maximum atomic E-state index is 11.6. The van der Waals surface area contributed by atoms with Crippen LogP contribution in [0.4, 0.5) is 0 Å². The average Bonchev–Trinajstić information content (AvgIpc) is 2.37. The summed E-state index contributed by atoms with van der Waals surface area (Å²) in [6.07, 6.45) is 12.9. The zero-order chi connectivity index (χ0) is 13.2. The van der Waals surface area contributed by atoms with Gasteiger partial charge in [0.2, 0.25) is 0 Å². The molecular formula is C16H26O2. The van der Waals surface area contributed by atoms with Gasteiger partial charge in [-0.15, -0.1) is 0 Å². The fourth-order valence-electron chi connectivity index (χ4n) is 2.11. The van der Waals surface area contributed by atoms with Crippen molar-refractivity contribution in [1.82, 2.24) is 0 Å². The molecule has 1 aliphatic carbocycles. The van der Waals surface area contributed by atoms with Gasteiger partial charge in [0.05, 0.1) is 6.61 Å². The molecule has 1 atom stereocenters. The molecule has 0 bridgehead atoms. The number of carbonyl (C=O) groups excluding carboxylic acids is 1. The number of rotatable bonds is 9. The second-order valence-electron chi connectivity index (χ2n) is 5.08. The summed E-state index contributed by atoms with van der Waals surface area (Å²) < 4.78 is 5.52. The van der Waals surface area contributed by atoms with Crippen LogP contribution < -0.4 is 0 Å². The first-order valence-electron chi connectivity index (χ1n) is 7.16. The first kappa shape index (κ1) is 15.2. The standard InChI is InChI=1S/C16H26O2/c1-3-4-5-6-11-16(17)13-18-12-15-10-8-7-9-14(15)2/h8-10,15H,3-7,11-13H2,1-2H3. The highest BCUT2D eigenvalue weighted by molar-refractivity contribution is 5.79. The Hall–Kier alpha value is -0.890. The second kappa shape index (κ2) is 9.09. The molecule has 0 N–H and O–H groups in total. The molecule has 0 amide bonds. The van der Waals surface area contributed by atoms with E-state index >= 15 is 0 Å². The number of allylic oxidation sites excluding steroid dienone is 2. The van der Waals surface area contributed by atoms with Gasteiger partial charge in [0.1, 0.15) is 6.61 Å². The van der Waals surface area contributed by atoms with Crippen LogP contribution in [0.25, 0.3) is 0 Å². The predicted molar refractivity (Wildman–Crippen MR) is 75.6 cm³/mol. The van der Waals surface area contributed by atoms with E-state index in [0.29, 0.717) is 18.9 Å². The highest BCUT2D eigenvalue weighted by Crippen LogP contribution is 2.18. The van der Waals surface area contributed by atoms with Crippen molar-refractivity contribution in [3.05, 3.63) is 23.8 Å². The fourth-order valence-corrected chi connectivity index (χ4v) is 2.11. The number of ether oxygens (including phenoxy) is 1. The Bertz CT molecular complexity index is 302. The number of hydrogen-bond acceptors (Lipinski definition) is 2. The third-order valence-electron chi connectivity index (χ3n) is 3.40. The lowest BCUT2D eigenvalue weighted by Crippen LogP contribution is -2.15. The molecule has 0 heterocycles. The van der Waals surface area contributed by atoms with Crippen molar-refractivity contribution >= 4 is 5.78 Å². The van der Waals surface area contributed by atoms with E-state index in [4.69, 9.17) is 4.74 Å². The Labute approximate surface area is 111 Å². The molecule has 0 spiro atoms. The summed E-state index contributed by atoms with van der Waals surface area (Å²) in [5.41, 5.74) is 1.35. The molecule has 18 heavy (non-hydrogen) atoms. The zero-order valence-corrected chi connectivity index (χ0v) is 11.8. The van der Waals surface area contributed by atoms with Gasteiger partial charge in [0.15, 0.2) is 5.78 Å². The summed E-state index contributed by atoms with van der Waals surface area (Å²) in [6.45, 7) is 5.23. The van der Waals surface area contributed by atoms with Gasteiger partial charge < -0.3 is 4.74 Å². The van der Waals surface area contributed by atoms with Crippen LogP contribution in [-0.2, 0) is 9.53 Å². The maximum Gasteiger partial charge on any atom is 0.158 e. The van der Waals surface area contributed by atoms with Crippen LogP contribution in [0.5, 0.6) is 0 Å². The van der Waals surface area contributed by atoms with Gasteiger partial charge in [-0.1, -0.05) is 50.0 Å². The molecule has 0 aromatic carbocycles. The molecule has 0 aromatic heterocycles. The summed E-state index contributed by atoms with van der Waals surface area (Å²) in [7, 11) is 0. The van der Waals surface area contributed by atoms with Gasteiger partial charge in [-0.2, -0.15) is 0 Å². The van der Waals surface area contributed by atoms with Crippen molar-refractivity contribution in [2.75, 3.05) is 13.2 Å². The number of carbonyl (C=O) groups is 1. The third-order valence-corrected chi connectivity index (χ3v) is 3.40. The number of Topliss-reactive ketones (excluding diaryl/α,β-unsaturated/α-hetero) is 1. The summed E-state index contributed by atoms with van der Waals surface area (Å²) in [5, 5.41) is 0. The Morgan fingerprint density at radius 1 is 1.39 bits per heavy atom. The minimum atomic E-state index is 0.243. The van der Waals surface area contributed by atoms with Gasteiger partial charge >= 0.3 is 0 Å². The summed E-state index contributed by atoms with van der Waals surface area (Å²) in [5.74, 6) is 0.610. The normalized spacial score (nSPS) is 18.8. The van der Waals surface area contributed by atoms with E-state index in [1.165, 1.54) is 18.4 Å².